The Bertz CT molecular complexity index is 1580. The lowest BCUT2D eigenvalue weighted by molar-refractivity contribution is 0.0526. The number of carbonyl (C=O) groups excluding carboxylic acids is 2. The number of methoxy groups -OCH3 is 2. The molecule has 4 aliphatic heterocycles. The van der Waals surface area contributed by atoms with Gasteiger partial charge in [-0.05, 0) is 105 Å². The molecule has 2 saturated heterocycles. The highest BCUT2D eigenvalue weighted by Crippen LogP contribution is 2.57. The van der Waals surface area contributed by atoms with Crippen LogP contribution in [0.4, 0.5) is 5.69 Å². The fraction of sp³-hybridized carbons (Fsp3) is 0.622. The Morgan fingerprint density at radius 3 is 2.02 bits per heavy atom. The quantitative estimate of drug-likeness (QED) is 0.359. The third-order valence-corrected chi connectivity index (χ3v) is 11.9. The fourth-order valence-corrected chi connectivity index (χ4v) is 8.67. The normalized spacial score (nSPS) is 26.0. The molecule has 0 bridgehead atoms. The number of hydrogen-bond acceptors (Lipinski definition) is 8. The number of anilines is 1. The molecule has 2 amide bonds. The smallest absolute Gasteiger partial charge is 0.256 e. The van der Waals surface area contributed by atoms with Crippen molar-refractivity contribution >= 4 is 17.5 Å². The lowest BCUT2D eigenvalue weighted by Crippen LogP contribution is -2.47. The molecule has 2 aromatic carbocycles. The number of likely N-dealkylation sites (N-methyl/N-ethyl adjacent to an activating group) is 1. The molecule has 8 rings (SSSR count). The fourth-order valence-electron chi connectivity index (χ4n) is 8.67. The van der Waals surface area contributed by atoms with Crippen LogP contribution in [0.25, 0.3) is 0 Å². The largest absolute Gasteiger partial charge is 0.493 e. The Kier molecular flexibility index (Phi) is 7.50. The third-order valence-electron chi connectivity index (χ3n) is 11.9. The van der Waals surface area contributed by atoms with E-state index in [1.807, 2.05) is 35.0 Å². The molecule has 47 heavy (non-hydrogen) atoms. The van der Waals surface area contributed by atoms with Crippen LogP contribution in [0.1, 0.15) is 90.5 Å². The van der Waals surface area contributed by atoms with Gasteiger partial charge in [-0.15, -0.1) is 0 Å². The molecule has 3 atom stereocenters. The van der Waals surface area contributed by atoms with E-state index in [9.17, 15) is 14.7 Å². The molecule has 4 fully saturated rings. The molecular weight excluding hydrogens is 598 g/mol. The summed E-state index contributed by atoms with van der Waals surface area (Å²) in [5, 5.41) is 11.2. The van der Waals surface area contributed by atoms with Crippen molar-refractivity contribution in [1.82, 2.24) is 9.80 Å². The maximum Gasteiger partial charge on any atom is 0.256 e. The highest BCUT2D eigenvalue weighted by Gasteiger charge is 2.57. The zero-order valence-corrected chi connectivity index (χ0v) is 27.9. The highest BCUT2D eigenvalue weighted by atomic mass is 16.5. The van der Waals surface area contributed by atoms with Crippen molar-refractivity contribution in [3.8, 4) is 23.0 Å². The molecule has 6 aliphatic rings. The Hall–Kier alpha value is -3.66. The highest BCUT2D eigenvalue weighted by molar-refractivity contribution is 6.02. The van der Waals surface area contributed by atoms with Crippen molar-refractivity contribution in [2.24, 2.45) is 10.8 Å². The van der Waals surface area contributed by atoms with Crippen LogP contribution in [0.5, 0.6) is 23.0 Å². The van der Waals surface area contributed by atoms with E-state index in [-0.39, 0.29) is 23.3 Å². The van der Waals surface area contributed by atoms with Gasteiger partial charge in [-0.2, -0.15) is 0 Å². The Balaban J connectivity index is 0.858. The number of carbonyl (C=O) groups is 2. The van der Waals surface area contributed by atoms with Gasteiger partial charge in [-0.25, -0.2) is 0 Å². The second kappa shape index (κ2) is 11.5. The number of benzene rings is 2. The van der Waals surface area contributed by atoms with E-state index in [2.05, 4.69) is 4.90 Å². The number of aryl methyl sites for hydroxylation is 1. The number of unbranched alkanes of at least 4 members (excludes halogenated alkanes) is 2. The predicted molar refractivity (Wildman–Crippen MR) is 176 cm³/mol. The minimum atomic E-state index is -0.771. The van der Waals surface area contributed by atoms with E-state index in [0.717, 1.165) is 75.5 Å². The summed E-state index contributed by atoms with van der Waals surface area (Å²) >= 11 is 0. The van der Waals surface area contributed by atoms with Crippen LogP contribution in [0.2, 0.25) is 0 Å². The van der Waals surface area contributed by atoms with Crippen LogP contribution >= 0.6 is 0 Å². The molecule has 10 heteroatoms. The van der Waals surface area contributed by atoms with Gasteiger partial charge in [0.15, 0.2) is 23.0 Å². The van der Waals surface area contributed by atoms with Crippen molar-refractivity contribution in [3.63, 3.8) is 0 Å². The standard InChI is InChI=1S/C37H47N3O7/c1-38-27-18-32(30(45-3)17-26(27)34(42)40-22-37(11-12-37)20-28(40)35(38)43)47-14-6-4-5-13-46-31-15-23-7-8-24-19-36(9-10-36)21-39(24)33(41)25(23)16-29(31)44-2/h15-18,24,28,35,43H,4-14,19-22H2,1-3H3/t24-,28+,35?/m1/s1. The summed E-state index contributed by atoms with van der Waals surface area (Å²) in [7, 11) is 5.06. The van der Waals surface area contributed by atoms with Crippen LogP contribution in [-0.2, 0) is 6.42 Å². The maximum absolute atomic E-state index is 13.6. The number of aliphatic hydroxyl groups is 1. The molecule has 252 valence electrons. The first kappa shape index (κ1) is 30.7. The number of nitrogens with zero attached hydrogens (tertiary/aromatic N) is 3. The first-order valence-corrected chi connectivity index (χ1v) is 17.5. The maximum atomic E-state index is 13.6. The molecule has 1 N–H and O–H groups in total. The van der Waals surface area contributed by atoms with Crippen LogP contribution in [0, 0.1) is 10.8 Å². The average Bonchev–Trinajstić information content (AvgIpc) is 3.96. The van der Waals surface area contributed by atoms with Gasteiger partial charge in [0, 0.05) is 37.8 Å². The third kappa shape index (κ3) is 5.36. The molecule has 2 spiro atoms. The molecule has 10 nitrogen and oxygen atoms in total. The van der Waals surface area contributed by atoms with Crippen molar-refractivity contribution in [2.45, 2.75) is 88.9 Å². The van der Waals surface area contributed by atoms with Gasteiger partial charge < -0.3 is 38.8 Å². The molecule has 0 radical (unpaired) electrons. The predicted octanol–water partition coefficient (Wildman–Crippen LogP) is 5.04. The summed E-state index contributed by atoms with van der Waals surface area (Å²) in [6.45, 7) is 2.63. The summed E-state index contributed by atoms with van der Waals surface area (Å²) in [4.78, 5) is 32.9. The molecule has 0 aromatic heterocycles. The molecule has 2 aromatic rings. The number of fused-ring (bicyclic) bond motifs is 4. The molecule has 2 aliphatic carbocycles. The van der Waals surface area contributed by atoms with Crippen molar-refractivity contribution in [2.75, 3.05) is 52.5 Å². The van der Waals surface area contributed by atoms with E-state index < -0.39 is 6.23 Å². The second-order valence-electron chi connectivity index (χ2n) is 15.0. The topological polar surface area (TPSA) is 101 Å². The van der Waals surface area contributed by atoms with E-state index in [0.29, 0.717) is 65.5 Å². The van der Waals surface area contributed by atoms with Crippen molar-refractivity contribution < 1.29 is 33.6 Å². The van der Waals surface area contributed by atoms with Gasteiger partial charge >= 0.3 is 0 Å². The van der Waals surface area contributed by atoms with Gasteiger partial charge in [0.25, 0.3) is 11.8 Å². The van der Waals surface area contributed by atoms with Gasteiger partial charge in [-0.3, -0.25) is 9.59 Å². The number of aliphatic hydroxyl groups excluding tert-OH is 1. The number of ether oxygens (including phenoxy) is 4. The average molecular weight is 646 g/mol. The van der Waals surface area contributed by atoms with Gasteiger partial charge in [0.05, 0.1) is 44.7 Å². The lowest BCUT2D eigenvalue weighted by Gasteiger charge is -2.31. The number of amides is 2. The molecule has 1 unspecified atom stereocenters. The molecule has 4 heterocycles. The summed E-state index contributed by atoms with van der Waals surface area (Å²) in [5.41, 5.74) is 3.62. The van der Waals surface area contributed by atoms with Crippen LogP contribution < -0.4 is 23.8 Å². The Morgan fingerprint density at radius 2 is 1.36 bits per heavy atom. The Morgan fingerprint density at radius 1 is 0.766 bits per heavy atom. The SMILES string of the molecule is COc1cc2c(cc1OCCCCCOc1cc3c(cc1OC)C(=O)N1CC4(CC4)C[C@H]1C(O)N3C)CC[C@@H]1CC3(CC3)CN1C2=O. The molecule has 2 saturated carbocycles. The molecular formula is C37H47N3O7. The Labute approximate surface area is 276 Å². The first-order valence-electron chi connectivity index (χ1n) is 17.5. The van der Waals surface area contributed by atoms with Crippen molar-refractivity contribution in [1.29, 1.82) is 0 Å². The summed E-state index contributed by atoms with van der Waals surface area (Å²) in [5.74, 6) is 2.47. The monoisotopic (exact) mass is 645 g/mol. The number of hydrogen-bond donors (Lipinski definition) is 1. The van der Waals surface area contributed by atoms with Crippen LogP contribution in [-0.4, -0.2) is 92.6 Å². The van der Waals surface area contributed by atoms with E-state index in [1.54, 1.807) is 20.3 Å². The summed E-state index contributed by atoms with van der Waals surface area (Å²) in [6, 6.07) is 7.63. The summed E-state index contributed by atoms with van der Waals surface area (Å²) in [6.07, 6.45) is 10.4. The van der Waals surface area contributed by atoms with Gasteiger partial charge in [-0.1, -0.05) is 0 Å². The zero-order valence-electron chi connectivity index (χ0n) is 27.9. The van der Waals surface area contributed by atoms with Crippen molar-refractivity contribution in [3.05, 3.63) is 41.0 Å². The van der Waals surface area contributed by atoms with E-state index in [1.165, 1.54) is 12.8 Å². The minimum Gasteiger partial charge on any atom is -0.493 e. The van der Waals surface area contributed by atoms with E-state index in [4.69, 9.17) is 18.9 Å². The minimum absolute atomic E-state index is 0.0495. The van der Waals surface area contributed by atoms with Gasteiger partial charge in [0.2, 0.25) is 0 Å². The first-order chi connectivity index (χ1) is 22.7. The van der Waals surface area contributed by atoms with Gasteiger partial charge in [0.1, 0.15) is 6.23 Å². The zero-order chi connectivity index (χ0) is 32.5. The van der Waals surface area contributed by atoms with E-state index >= 15 is 0 Å². The summed E-state index contributed by atoms with van der Waals surface area (Å²) < 4.78 is 23.7. The lowest BCUT2D eigenvalue weighted by atomic mass is 9.97. The van der Waals surface area contributed by atoms with Crippen LogP contribution in [0.3, 0.4) is 0 Å². The second-order valence-corrected chi connectivity index (χ2v) is 15.0. The van der Waals surface area contributed by atoms with Crippen LogP contribution in [0.15, 0.2) is 24.3 Å². The number of rotatable bonds is 10.